The van der Waals surface area contributed by atoms with Gasteiger partial charge in [0, 0.05) is 28.5 Å². The largest absolute Gasteiger partial charge is 0.352 e. The number of fused-ring (bicyclic) bond motifs is 4. The van der Waals surface area contributed by atoms with Crippen molar-refractivity contribution in [2.45, 2.75) is 19.4 Å². The number of hydrogen-bond acceptors (Lipinski definition) is 4. The van der Waals surface area contributed by atoms with E-state index in [1.165, 1.54) is 0 Å². The van der Waals surface area contributed by atoms with Crippen LogP contribution >= 0.6 is 0 Å². The van der Waals surface area contributed by atoms with Gasteiger partial charge in [0.1, 0.15) is 11.9 Å². The number of hydrogen-bond donors (Lipinski definition) is 1. The van der Waals surface area contributed by atoms with Crippen molar-refractivity contribution >= 4 is 22.4 Å². The van der Waals surface area contributed by atoms with Gasteiger partial charge in [-0.1, -0.05) is 66.7 Å². The number of ketones is 1. The van der Waals surface area contributed by atoms with Crippen molar-refractivity contribution in [3.05, 3.63) is 113 Å². The third-order valence-corrected chi connectivity index (χ3v) is 6.09. The van der Waals surface area contributed by atoms with Gasteiger partial charge in [-0.3, -0.25) is 14.4 Å². The molecule has 3 aromatic carbocycles. The number of rotatable bonds is 4. The summed E-state index contributed by atoms with van der Waals surface area (Å²) >= 11 is 0. The number of benzene rings is 3. The zero-order valence-electron chi connectivity index (χ0n) is 18.1. The van der Waals surface area contributed by atoms with E-state index in [-0.39, 0.29) is 12.2 Å². The molecule has 6 rings (SSSR count). The molecule has 3 heterocycles. The van der Waals surface area contributed by atoms with Gasteiger partial charge in [0.25, 0.3) is 0 Å². The van der Waals surface area contributed by atoms with Gasteiger partial charge in [-0.15, -0.1) is 10.2 Å². The molecule has 33 heavy (non-hydrogen) atoms. The van der Waals surface area contributed by atoms with Crippen LogP contribution in [0, 0.1) is 6.92 Å². The average molecular weight is 431 g/mol. The van der Waals surface area contributed by atoms with E-state index in [2.05, 4.69) is 27.3 Å². The summed E-state index contributed by atoms with van der Waals surface area (Å²) in [5.74, 6) is 1.44. The Kier molecular flexibility index (Phi) is 4.50. The second-order valence-corrected chi connectivity index (χ2v) is 8.22. The molecule has 160 valence electrons. The van der Waals surface area contributed by atoms with E-state index in [0.29, 0.717) is 11.5 Å². The molecule has 1 unspecified atom stereocenters. The Morgan fingerprint density at radius 2 is 1.70 bits per heavy atom. The number of aromatic nitrogens is 4. The summed E-state index contributed by atoms with van der Waals surface area (Å²) in [5.41, 5.74) is 5.35. The minimum Gasteiger partial charge on any atom is -0.352 e. The van der Waals surface area contributed by atoms with Crippen LogP contribution in [-0.4, -0.2) is 31.2 Å². The fraction of sp³-hybridized carbons (Fsp3) is 0.111. The maximum atomic E-state index is 13.4. The molecular formula is C27H21N5O. The summed E-state index contributed by atoms with van der Waals surface area (Å²) < 4.78 is 2.03. The lowest BCUT2D eigenvalue weighted by Gasteiger charge is -2.12. The molecule has 6 heteroatoms. The first-order chi connectivity index (χ1) is 16.2. The van der Waals surface area contributed by atoms with Crippen molar-refractivity contribution in [2.75, 3.05) is 0 Å². The number of Topliss-reactive ketones (excluding diaryl/α,β-unsaturated/α-hetero) is 1. The first-order valence-electron chi connectivity index (χ1n) is 10.9. The van der Waals surface area contributed by atoms with Crippen LogP contribution in [-0.2, 0) is 0 Å². The van der Waals surface area contributed by atoms with E-state index < -0.39 is 6.04 Å². The van der Waals surface area contributed by atoms with Gasteiger partial charge in [0.2, 0.25) is 0 Å². The van der Waals surface area contributed by atoms with E-state index >= 15 is 0 Å². The van der Waals surface area contributed by atoms with Gasteiger partial charge in [0.05, 0.1) is 17.1 Å². The lowest BCUT2D eigenvalue weighted by atomic mass is 10.0. The van der Waals surface area contributed by atoms with Crippen molar-refractivity contribution < 1.29 is 4.79 Å². The fourth-order valence-electron chi connectivity index (χ4n) is 4.52. The fourth-order valence-corrected chi connectivity index (χ4v) is 4.52. The van der Waals surface area contributed by atoms with Gasteiger partial charge >= 0.3 is 0 Å². The Morgan fingerprint density at radius 1 is 0.939 bits per heavy atom. The molecule has 0 saturated carbocycles. The highest BCUT2D eigenvalue weighted by Crippen LogP contribution is 2.33. The Morgan fingerprint density at radius 3 is 2.55 bits per heavy atom. The lowest BCUT2D eigenvalue weighted by Crippen LogP contribution is -2.11. The zero-order chi connectivity index (χ0) is 22.4. The summed E-state index contributed by atoms with van der Waals surface area (Å²) in [6, 6.07) is 27.5. The van der Waals surface area contributed by atoms with Crippen LogP contribution in [0.1, 0.15) is 45.7 Å². The number of aromatic amines is 1. The molecule has 5 aromatic rings. The first kappa shape index (κ1) is 19.4. The van der Waals surface area contributed by atoms with Gasteiger partial charge in [-0.2, -0.15) is 0 Å². The topological polar surface area (TPSA) is 75.9 Å². The Labute approximate surface area is 190 Å². The summed E-state index contributed by atoms with van der Waals surface area (Å²) in [5, 5.41) is 9.80. The summed E-state index contributed by atoms with van der Waals surface area (Å²) in [6.45, 7) is 1.93. The monoisotopic (exact) mass is 431 g/mol. The molecule has 0 radical (unpaired) electrons. The van der Waals surface area contributed by atoms with Crippen LogP contribution < -0.4 is 0 Å². The Bertz CT molecular complexity index is 1490. The molecule has 1 atom stereocenters. The quantitative estimate of drug-likeness (QED) is 0.396. The van der Waals surface area contributed by atoms with Crippen LogP contribution in [0.15, 0.2) is 89.9 Å². The highest BCUT2D eigenvalue weighted by atomic mass is 16.1. The highest BCUT2D eigenvalue weighted by Gasteiger charge is 2.30. The predicted octanol–water partition coefficient (Wildman–Crippen LogP) is 5.22. The van der Waals surface area contributed by atoms with Gasteiger partial charge < -0.3 is 4.98 Å². The van der Waals surface area contributed by atoms with Crippen LogP contribution in [0.2, 0.25) is 0 Å². The normalized spacial score (nSPS) is 14.9. The maximum Gasteiger partial charge on any atom is 0.181 e. The second kappa shape index (κ2) is 7.67. The molecule has 0 saturated heterocycles. The van der Waals surface area contributed by atoms with E-state index in [4.69, 9.17) is 4.99 Å². The van der Waals surface area contributed by atoms with Crippen molar-refractivity contribution in [1.82, 2.24) is 19.7 Å². The number of aryl methyl sites for hydroxylation is 1. The molecule has 0 spiro atoms. The van der Waals surface area contributed by atoms with Gasteiger partial charge in [0.15, 0.2) is 11.6 Å². The molecule has 1 aliphatic heterocycles. The number of nitrogens with zero attached hydrogens (tertiary/aromatic N) is 4. The number of carbonyl (C=O) groups excluding carboxylic acids is 1. The molecule has 0 fully saturated rings. The number of carbonyl (C=O) groups is 1. The minimum atomic E-state index is -0.465. The van der Waals surface area contributed by atoms with Crippen molar-refractivity contribution in [3.8, 4) is 5.69 Å². The summed E-state index contributed by atoms with van der Waals surface area (Å²) in [7, 11) is 0. The second-order valence-electron chi connectivity index (χ2n) is 8.22. The smallest absolute Gasteiger partial charge is 0.181 e. The van der Waals surface area contributed by atoms with Crippen LogP contribution in [0.4, 0.5) is 0 Å². The van der Waals surface area contributed by atoms with Gasteiger partial charge in [-0.05, 0) is 25.1 Å². The number of nitrogens with one attached hydrogen (secondary N) is 1. The number of para-hydroxylation sites is 2. The molecular weight excluding hydrogens is 410 g/mol. The number of H-pyrrole nitrogens is 1. The van der Waals surface area contributed by atoms with E-state index in [1.807, 2.05) is 84.3 Å². The Balaban J connectivity index is 1.49. The molecule has 6 nitrogen and oxygen atoms in total. The van der Waals surface area contributed by atoms with E-state index in [1.54, 1.807) is 0 Å². The minimum absolute atomic E-state index is 0.00878. The molecule has 0 amide bonds. The number of aliphatic imine (C=N–C) groups is 1. The standard InChI is InChI=1S/C27H21N5O/c1-17-30-31-27-23(16-25(33)22-15-19-11-5-7-13-21(19)28-22)29-26(18-9-3-2-4-10-18)20-12-6-8-14-24(20)32(17)27/h2-15,23,28H,16H2,1H3. The van der Waals surface area contributed by atoms with Crippen molar-refractivity contribution in [3.63, 3.8) is 0 Å². The molecule has 0 bridgehead atoms. The van der Waals surface area contributed by atoms with Crippen LogP contribution in [0.3, 0.4) is 0 Å². The highest BCUT2D eigenvalue weighted by molar-refractivity contribution is 6.15. The van der Waals surface area contributed by atoms with Crippen LogP contribution in [0.5, 0.6) is 0 Å². The molecule has 1 aliphatic rings. The van der Waals surface area contributed by atoms with E-state index in [9.17, 15) is 4.79 Å². The van der Waals surface area contributed by atoms with E-state index in [0.717, 1.165) is 39.3 Å². The predicted molar refractivity (Wildman–Crippen MR) is 128 cm³/mol. The zero-order valence-corrected chi connectivity index (χ0v) is 18.1. The summed E-state index contributed by atoms with van der Waals surface area (Å²) in [6.07, 6.45) is 0.190. The summed E-state index contributed by atoms with van der Waals surface area (Å²) in [4.78, 5) is 21.7. The first-order valence-corrected chi connectivity index (χ1v) is 10.9. The molecule has 1 N–H and O–H groups in total. The molecule has 0 aliphatic carbocycles. The maximum absolute atomic E-state index is 13.4. The third-order valence-electron chi connectivity index (χ3n) is 6.09. The van der Waals surface area contributed by atoms with Crippen LogP contribution in [0.25, 0.3) is 16.6 Å². The average Bonchev–Trinajstić information content (AvgIpc) is 3.42. The lowest BCUT2D eigenvalue weighted by molar-refractivity contribution is 0.0969. The van der Waals surface area contributed by atoms with Crippen molar-refractivity contribution in [2.24, 2.45) is 4.99 Å². The van der Waals surface area contributed by atoms with Crippen molar-refractivity contribution in [1.29, 1.82) is 0 Å². The molecule has 2 aromatic heterocycles. The van der Waals surface area contributed by atoms with Gasteiger partial charge in [-0.25, -0.2) is 0 Å². The SMILES string of the molecule is Cc1nnc2n1-c1ccccc1C(c1ccccc1)=NC2CC(=O)c1cc2ccccc2[nH]1. The Hall–Kier alpha value is -4.32. The third kappa shape index (κ3) is 3.27.